The Balaban J connectivity index is 1.51. The molecule has 2 heterocycles. The summed E-state index contributed by atoms with van der Waals surface area (Å²) in [6, 6.07) is 18.6. The normalized spacial score (nSPS) is 13.4. The number of hydrogen-bond acceptors (Lipinski definition) is 4. The molecule has 2 aromatic heterocycles. The molecule has 5 aromatic rings. The number of aromatic nitrogens is 4. The quantitative estimate of drug-likeness (QED) is 0.224. The first-order valence-corrected chi connectivity index (χ1v) is 14.5. The van der Waals surface area contributed by atoms with Crippen molar-refractivity contribution in [2.24, 2.45) is 0 Å². The Kier molecular flexibility index (Phi) is 6.44. The topological polar surface area (TPSA) is 91.5 Å². The molecule has 0 radical (unpaired) electrons. The summed E-state index contributed by atoms with van der Waals surface area (Å²) in [6.45, 7) is 10.9. The Hall–Kier alpha value is -3.45. The SMILES string of the molecule is CCC(C)c1nc2ccc(S(=O)(=O)c3ccc4nc(-c5cccc(C(C)(CC)CC)c5)[nH]c4c3)cc2[nH]1. The van der Waals surface area contributed by atoms with Gasteiger partial charge in [0.2, 0.25) is 9.84 Å². The summed E-state index contributed by atoms with van der Waals surface area (Å²) in [7, 11) is -3.72. The lowest BCUT2D eigenvalue weighted by molar-refractivity contribution is 0.439. The molecule has 1 atom stereocenters. The molecule has 5 rings (SSSR count). The number of fused-ring (bicyclic) bond motifs is 2. The van der Waals surface area contributed by atoms with Crippen LogP contribution in [0.15, 0.2) is 70.5 Å². The molecule has 0 bridgehead atoms. The van der Waals surface area contributed by atoms with E-state index in [0.29, 0.717) is 5.52 Å². The van der Waals surface area contributed by atoms with Gasteiger partial charge in [0, 0.05) is 11.5 Å². The van der Waals surface area contributed by atoms with Crippen molar-refractivity contribution in [3.05, 3.63) is 72.1 Å². The van der Waals surface area contributed by atoms with Gasteiger partial charge in [-0.25, -0.2) is 18.4 Å². The van der Waals surface area contributed by atoms with E-state index in [2.05, 4.69) is 67.8 Å². The highest BCUT2D eigenvalue weighted by molar-refractivity contribution is 7.91. The fourth-order valence-corrected chi connectivity index (χ4v) is 6.04. The Morgan fingerprint density at radius 1 is 0.838 bits per heavy atom. The maximum absolute atomic E-state index is 13.5. The standard InChI is InChI=1S/C30H34N4O2S/c1-6-19(4)28-31-24-14-12-22(17-26(24)33-28)37(35,36)23-13-15-25-27(18-23)34-29(32-25)20-10-9-11-21(16-20)30(5,7-2)8-3/h9-19H,6-8H2,1-5H3,(H,31,33)(H,32,34). The van der Waals surface area contributed by atoms with Crippen LogP contribution in [0.4, 0.5) is 0 Å². The minimum Gasteiger partial charge on any atom is -0.342 e. The van der Waals surface area contributed by atoms with Crippen molar-refractivity contribution >= 4 is 31.9 Å². The maximum atomic E-state index is 13.5. The molecule has 0 fully saturated rings. The molecule has 7 heteroatoms. The average Bonchev–Trinajstić information content (AvgIpc) is 3.55. The highest BCUT2D eigenvalue weighted by Crippen LogP contribution is 2.34. The van der Waals surface area contributed by atoms with Gasteiger partial charge in [-0.15, -0.1) is 0 Å². The van der Waals surface area contributed by atoms with Crippen LogP contribution in [0.3, 0.4) is 0 Å². The van der Waals surface area contributed by atoms with Gasteiger partial charge < -0.3 is 9.97 Å². The summed E-state index contributed by atoms with van der Waals surface area (Å²) < 4.78 is 27.1. The minimum absolute atomic E-state index is 0.106. The van der Waals surface area contributed by atoms with E-state index in [0.717, 1.165) is 53.0 Å². The molecule has 192 valence electrons. The fourth-order valence-electron chi connectivity index (χ4n) is 4.73. The molecule has 0 aliphatic carbocycles. The Morgan fingerprint density at radius 3 is 2.08 bits per heavy atom. The van der Waals surface area contributed by atoms with Crippen molar-refractivity contribution < 1.29 is 8.42 Å². The predicted molar refractivity (Wildman–Crippen MR) is 150 cm³/mol. The van der Waals surface area contributed by atoms with E-state index in [1.807, 2.05) is 6.07 Å². The summed E-state index contributed by atoms with van der Waals surface area (Å²) in [4.78, 5) is 16.5. The number of nitrogens with zero attached hydrogens (tertiary/aromatic N) is 2. The van der Waals surface area contributed by atoms with Crippen LogP contribution in [0.5, 0.6) is 0 Å². The zero-order chi connectivity index (χ0) is 26.4. The third kappa shape index (κ3) is 4.46. The summed E-state index contributed by atoms with van der Waals surface area (Å²) in [5.41, 5.74) is 5.30. The van der Waals surface area contributed by atoms with E-state index < -0.39 is 9.84 Å². The Labute approximate surface area is 218 Å². The maximum Gasteiger partial charge on any atom is 0.206 e. The molecule has 3 aromatic carbocycles. The van der Waals surface area contributed by atoms with E-state index >= 15 is 0 Å². The third-order valence-electron chi connectivity index (χ3n) is 8.02. The second-order valence-corrected chi connectivity index (χ2v) is 12.2. The summed E-state index contributed by atoms with van der Waals surface area (Å²) in [5.74, 6) is 1.89. The van der Waals surface area contributed by atoms with Crippen LogP contribution in [0.25, 0.3) is 33.5 Å². The highest BCUT2D eigenvalue weighted by atomic mass is 32.2. The zero-order valence-electron chi connectivity index (χ0n) is 22.1. The van der Waals surface area contributed by atoms with Crippen LogP contribution >= 0.6 is 0 Å². The smallest absolute Gasteiger partial charge is 0.206 e. The fraction of sp³-hybridized carbons (Fsp3) is 0.333. The van der Waals surface area contributed by atoms with Gasteiger partial charge in [-0.2, -0.15) is 0 Å². The molecule has 37 heavy (non-hydrogen) atoms. The number of imidazole rings is 2. The molecule has 0 spiro atoms. The van der Waals surface area contributed by atoms with Crippen LogP contribution in [0, 0.1) is 0 Å². The van der Waals surface area contributed by atoms with Gasteiger partial charge in [0.1, 0.15) is 11.6 Å². The molecule has 0 aliphatic heterocycles. The molecule has 6 nitrogen and oxygen atoms in total. The number of rotatable bonds is 8. The molecule has 0 amide bonds. The summed E-state index contributed by atoms with van der Waals surface area (Å²) >= 11 is 0. The third-order valence-corrected chi connectivity index (χ3v) is 9.77. The second-order valence-electron chi connectivity index (χ2n) is 10.2. The second kappa shape index (κ2) is 9.45. The van der Waals surface area contributed by atoms with Crippen molar-refractivity contribution in [3.8, 4) is 11.4 Å². The zero-order valence-corrected chi connectivity index (χ0v) is 22.9. The van der Waals surface area contributed by atoms with Crippen LogP contribution < -0.4 is 0 Å². The predicted octanol–water partition coefficient (Wildman–Crippen LogP) is 7.53. The summed E-state index contributed by atoms with van der Waals surface area (Å²) in [5, 5.41) is 0. The van der Waals surface area contributed by atoms with Crippen molar-refractivity contribution in [3.63, 3.8) is 0 Å². The van der Waals surface area contributed by atoms with Crippen LogP contribution in [0.2, 0.25) is 0 Å². The monoisotopic (exact) mass is 514 g/mol. The van der Waals surface area contributed by atoms with Gasteiger partial charge in [0.25, 0.3) is 0 Å². The van der Waals surface area contributed by atoms with Crippen molar-refractivity contribution in [2.45, 2.75) is 75.0 Å². The van der Waals surface area contributed by atoms with Crippen LogP contribution in [-0.4, -0.2) is 28.4 Å². The number of hydrogen-bond donors (Lipinski definition) is 2. The molecule has 0 saturated carbocycles. The Morgan fingerprint density at radius 2 is 1.46 bits per heavy atom. The minimum atomic E-state index is -3.72. The lowest BCUT2D eigenvalue weighted by Crippen LogP contribution is -2.19. The van der Waals surface area contributed by atoms with Gasteiger partial charge in [0.05, 0.1) is 31.9 Å². The van der Waals surface area contributed by atoms with Gasteiger partial charge >= 0.3 is 0 Å². The van der Waals surface area contributed by atoms with E-state index in [-0.39, 0.29) is 21.1 Å². The van der Waals surface area contributed by atoms with Gasteiger partial charge in [-0.3, -0.25) is 0 Å². The summed E-state index contributed by atoms with van der Waals surface area (Å²) in [6.07, 6.45) is 3.06. The van der Waals surface area contributed by atoms with Crippen molar-refractivity contribution in [1.29, 1.82) is 0 Å². The van der Waals surface area contributed by atoms with Gasteiger partial charge in [-0.05, 0) is 72.7 Å². The molecule has 0 saturated heterocycles. The lowest BCUT2D eigenvalue weighted by atomic mass is 9.77. The number of benzene rings is 3. The number of H-pyrrole nitrogens is 2. The molecular weight excluding hydrogens is 480 g/mol. The van der Waals surface area contributed by atoms with E-state index in [9.17, 15) is 8.42 Å². The van der Waals surface area contributed by atoms with E-state index in [1.165, 1.54) is 5.56 Å². The first-order chi connectivity index (χ1) is 17.7. The largest absolute Gasteiger partial charge is 0.342 e. The molecule has 2 N–H and O–H groups in total. The lowest BCUT2D eigenvalue weighted by Gasteiger charge is -2.27. The first-order valence-electron chi connectivity index (χ1n) is 13.0. The average molecular weight is 515 g/mol. The first kappa shape index (κ1) is 25.2. The molecule has 0 aliphatic rings. The number of sulfone groups is 1. The van der Waals surface area contributed by atoms with E-state index in [4.69, 9.17) is 4.98 Å². The number of aromatic amines is 2. The number of nitrogens with one attached hydrogen (secondary N) is 2. The van der Waals surface area contributed by atoms with Gasteiger partial charge in [0.15, 0.2) is 0 Å². The van der Waals surface area contributed by atoms with Crippen LogP contribution in [-0.2, 0) is 15.3 Å². The van der Waals surface area contributed by atoms with E-state index in [1.54, 1.807) is 36.4 Å². The van der Waals surface area contributed by atoms with Gasteiger partial charge in [-0.1, -0.05) is 52.8 Å². The Bertz CT molecular complexity index is 1690. The molecular formula is C30H34N4O2S. The van der Waals surface area contributed by atoms with Crippen molar-refractivity contribution in [1.82, 2.24) is 19.9 Å². The van der Waals surface area contributed by atoms with Crippen molar-refractivity contribution in [2.75, 3.05) is 0 Å². The van der Waals surface area contributed by atoms with Crippen LogP contribution in [0.1, 0.15) is 71.2 Å². The highest BCUT2D eigenvalue weighted by Gasteiger charge is 2.23. The molecule has 1 unspecified atom stereocenters.